The van der Waals surface area contributed by atoms with Crippen molar-refractivity contribution in [1.82, 2.24) is 15.5 Å². The second-order valence-corrected chi connectivity index (χ2v) is 9.50. The lowest BCUT2D eigenvalue weighted by Crippen LogP contribution is -2.52. The average Bonchev–Trinajstić information content (AvgIpc) is 3.06. The molecule has 0 aliphatic carbocycles. The van der Waals surface area contributed by atoms with Crippen molar-refractivity contribution < 1.29 is 23.9 Å². The van der Waals surface area contributed by atoms with Gasteiger partial charge in [0.1, 0.15) is 11.6 Å². The summed E-state index contributed by atoms with van der Waals surface area (Å²) in [6.07, 6.45) is 4.06. The smallest absolute Gasteiger partial charge is 0.407 e. The number of rotatable bonds is 9. The molecule has 0 bridgehead atoms. The monoisotopic (exact) mass is 458 g/mol. The summed E-state index contributed by atoms with van der Waals surface area (Å²) >= 11 is 0. The van der Waals surface area contributed by atoms with Crippen molar-refractivity contribution in [3.8, 4) is 0 Å². The number of alkyl carbamates (subject to hydrolysis) is 1. The summed E-state index contributed by atoms with van der Waals surface area (Å²) in [5.74, 6) is -0.855. The van der Waals surface area contributed by atoms with Gasteiger partial charge in [0.15, 0.2) is 0 Å². The van der Waals surface area contributed by atoms with Gasteiger partial charge in [-0.15, -0.1) is 0 Å². The molecule has 1 aromatic carbocycles. The van der Waals surface area contributed by atoms with E-state index in [2.05, 4.69) is 16.0 Å². The van der Waals surface area contributed by atoms with E-state index in [0.29, 0.717) is 25.1 Å². The molecule has 1 atom stereocenters. The largest absolute Gasteiger partial charge is 0.444 e. The summed E-state index contributed by atoms with van der Waals surface area (Å²) in [5.41, 5.74) is 1.92. The van der Waals surface area contributed by atoms with Crippen LogP contribution in [0.15, 0.2) is 18.2 Å². The van der Waals surface area contributed by atoms with E-state index < -0.39 is 17.6 Å². The van der Waals surface area contributed by atoms with Crippen molar-refractivity contribution in [2.75, 3.05) is 18.4 Å². The molecule has 1 saturated heterocycles. The summed E-state index contributed by atoms with van der Waals surface area (Å²) in [4.78, 5) is 49.7. The molecule has 2 aliphatic rings. The number of hydrogen-bond acceptors (Lipinski definition) is 6. The van der Waals surface area contributed by atoms with Crippen LogP contribution in [-0.4, -0.2) is 53.4 Å². The number of fused-ring (bicyclic) bond motifs is 1. The number of benzene rings is 1. The summed E-state index contributed by atoms with van der Waals surface area (Å²) in [6.45, 7) is 7.23. The maximum Gasteiger partial charge on any atom is 0.407 e. The van der Waals surface area contributed by atoms with E-state index in [1.807, 2.05) is 32.9 Å². The second kappa shape index (κ2) is 10.7. The highest BCUT2D eigenvalue weighted by atomic mass is 16.6. The van der Waals surface area contributed by atoms with Gasteiger partial charge in [0.2, 0.25) is 11.8 Å². The minimum absolute atomic E-state index is 0.166. The average molecular weight is 459 g/mol. The van der Waals surface area contributed by atoms with E-state index in [4.69, 9.17) is 4.74 Å². The van der Waals surface area contributed by atoms with Crippen LogP contribution in [0.4, 0.5) is 10.5 Å². The highest BCUT2D eigenvalue weighted by Crippen LogP contribution is 2.32. The van der Waals surface area contributed by atoms with Crippen molar-refractivity contribution in [2.24, 2.45) is 0 Å². The number of hydrogen-bond donors (Lipinski definition) is 3. The number of nitrogens with one attached hydrogen (secondary N) is 3. The van der Waals surface area contributed by atoms with Gasteiger partial charge in [0, 0.05) is 42.9 Å². The Morgan fingerprint density at radius 2 is 1.85 bits per heavy atom. The van der Waals surface area contributed by atoms with Crippen molar-refractivity contribution in [3.05, 3.63) is 29.3 Å². The summed E-state index contributed by atoms with van der Waals surface area (Å²) < 4.78 is 5.21. The predicted molar refractivity (Wildman–Crippen MR) is 124 cm³/mol. The van der Waals surface area contributed by atoms with Crippen LogP contribution in [0.25, 0.3) is 0 Å². The van der Waals surface area contributed by atoms with Crippen LogP contribution in [0.5, 0.6) is 0 Å². The van der Waals surface area contributed by atoms with E-state index >= 15 is 0 Å². The molecule has 2 heterocycles. The Balaban J connectivity index is 1.40. The number of ether oxygens (including phenoxy) is 1. The van der Waals surface area contributed by atoms with Crippen LogP contribution < -0.4 is 16.0 Å². The van der Waals surface area contributed by atoms with Gasteiger partial charge in [-0.05, 0) is 52.2 Å². The molecule has 2 aliphatic heterocycles. The van der Waals surface area contributed by atoms with Gasteiger partial charge in [0.05, 0.1) is 0 Å². The van der Waals surface area contributed by atoms with Gasteiger partial charge in [-0.25, -0.2) is 4.79 Å². The molecule has 3 N–H and O–H groups in total. The van der Waals surface area contributed by atoms with Crippen molar-refractivity contribution in [2.45, 2.75) is 77.5 Å². The molecule has 4 amide bonds. The number of carbonyl (C=O) groups is 4. The first kappa shape index (κ1) is 24.5. The molecule has 3 rings (SSSR count). The van der Waals surface area contributed by atoms with Crippen LogP contribution in [0.3, 0.4) is 0 Å². The van der Waals surface area contributed by atoms with Crippen LogP contribution in [0, 0.1) is 0 Å². The lowest BCUT2D eigenvalue weighted by Gasteiger charge is -2.29. The second-order valence-electron chi connectivity index (χ2n) is 9.50. The molecule has 0 aromatic heterocycles. The molecule has 180 valence electrons. The summed E-state index contributed by atoms with van der Waals surface area (Å²) in [6, 6.07) is 4.97. The predicted octanol–water partition coefficient (Wildman–Crippen LogP) is 2.94. The number of amides is 4. The van der Waals surface area contributed by atoms with Crippen LogP contribution in [0.2, 0.25) is 0 Å². The van der Waals surface area contributed by atoms with Crippen LogP contribution in [-0.2, 0) is 20.9 Å². The third kappa shape index (κ3) is 6.69. The van der Waals surface area contributed by atoms with Gasteiger partial charge in [-0.3, -0.25) is 19.7 Å². The SMILES string of the molecule is CC(C)(C)OC(=O)NCCCCCCNc1cccc2c1CN(C1CCC(=O)NC1=O)C2=O. The number of unbranched alkanes of at least 4 members (excludes halogenated alkanes) is 3. The first-order chi connectivity index (χ1) is 15.7. The van der Waals surface area contributed by atoms with E-state index in [0.717, 1.165) is 43.5 Å². The third-order valence-corrected chi connectivity index (χ3v) is 5.67. The first-order valence-electron chi connectivity index (χ1n) is 11.6. The minimum Gasteiger partial charge on any atom is -0.444 e. The van der Waals surface area contributed by atoms with Crippen molar-refractivity contribution in [1.29, 1.82) is 0 Å². The number of imide groups is 1. The number of anilines is 1. The topological polar surface area (TPSA) is 117 Å². The highest BCUT2D eigenvalue weighted by molar-refractivity contribution is 6.06. The van der Waals surface area contributed by atoms with Crippen molar-refractivity contribution in [3.63, 3.8) is 0 Å². The molecule has 1 aromatic rings. The van der Waals surface area contributed by atoms with E-state index in [1.54, 1.807) is 11.0 Å². The van der Waals surface area contributed by atoms with Gasteiger partial charge in [-0.1, -0.05) is 18.9 Å². The number of piperidine rings is 1. The molecule has 0 spiro atoms. The normalized spacial score (nSPS) is 18.1. The Morgan fingerprint density at radius 1 is 1.12 bits per heavy atom. The van der Waals surface area contributed by atoms with Crippen LogP contribution >= 0.6 is 0 Å². The molecular formula is C24H34N4O5. The van der Waals surface area contributed by atoms with E-state index in [1.165, 1.54) is 0 Å². The van der Waals surface area contributed by atoms with Crippen LogP contribution in [0.1, 0.15) is 75.2 Å². The Labute approximate surface area is 194 Å². The fourth-order valence-electron chi connectivity index (χ4n) is 4.08. The maximum atomic E-state index is 12.9. The molecular weight excluding hydrogens is 424 g/mol. The molecule has 0 saturated carbocycles. The molecule has 9 heteroatoms. The first-order valence-corrected chi connectivity index (χ1v) is 11.6. The lowest BCUT2D eigenvalue weighted by molar-refractivity contribution is -0.136. The van der Waals surface area contributed by atoms with Gasteiger partial charge in [-0.2, -0.15) is 0 Å². The molecule has 1 fully saturated rings. The molecule has 9 nitrogen and oxygen atoms in total. The molecule has 1 unspecified atom stereocenters. The molecule has 33 heavy (non-hydrogen) atoms. The fraction of sp³-hybridized carbons (Fsp3) is 0.583. The van der Waals surface area contributed by atoms with E-state index in [-0.39, 0.29) is 24.3 Å². The standard InChI is InChI=1S/C24H34N4O5/c1-24(2,3)33-23(32)26-14-7-5-4-6-13-25-18-10-8-9-16-17(18)15-28(22(16)31)19-11-12-20(29)27-21(19)30/h8-10,19,25H,4-7,11-15H2,1-3H3,(H,26,32)(H,27,29,30). The zero-order valence-electron chi connectivity index (χ0n) is 19.7. The lowest BCUT2D eigenvalue weighted by atomic mass is 10.0. The number of carbonyl (C=O) groups excluding carboxylic acids is 4. The Morgan fingerprint density at radius 3 is 2.55 bits per heavy atom. The quantitative estimate of drug-likeness (QED) is 0.387. The fourth-order valence-corrected chi connectivity index (χ4v) is 4.08. The van der Waals surface area contributed by atoms with Gasteiger partial charge >= 0.3 is 6.09 Å². The maximum absolute atomic E-state index is 12.9. The summed E-state index contributed by atoms with van der Waals surface area (Å²) in [5, 5.41) is 8.51. The van der Waals surface area contributed by atoms with Gasteiger partial charge < -0.3 is 20.3 Å². The number of nitrogens with zero attached hydrogens (tertiary/aromatic N) is 1. The summed E-state index contributed by atoms with van der Waals surface area (Å²) in [7, 11) is 0. The zero-order valence-corrected chi connectivity index (χ0v) is 19.7. The Hall–Kier alpha value is -3.10. The minimum atomic E-state index is -0.607. The zero-order chi connectivity index (χ0) is 24.0. The van der Waals surface area contributed by atoms with Gasteiger partial charge in [0.25, 0.3) is 5.91 Å². The molecule has 0 radical (unpaired) electrons. The van der Waals surface area contributed by atoms with Crippen molar-refractivity contribution >= 4 is 29.5 Å². The Kier molecular flexibility index (Phi) is 7.94. The van der Waals surface area contributed by atoms with E-state index in [9.17, 15) is 19.2 Å². The third-order valence-electron chi connectivity index (χ3n) is 5.67. The Bertz CT molecular complexity index is 909. The highest BCUT2D eigenvalue weighted by Gasteiger charge is 2.39.